The van der Waals surface area contributed by atoms with Gasteiger partial charge in [-0.1, -0.05) is 38.5 Å². The molecule has 0 aromatic carbocycles. The third-order valence-corrected chi connectivity index (χ3v) is 7.23. The van der Waals surface area contributed by atoms with Crippen molar-refractivity contribution in [2.75, 3.05) is 39.5 Å². The highest BCUT2D eigenvalue weighted by molar-refractivity contribution is 6.13. The maximum absolute atomic E-state index is 12.5. The van der Waals surface area contributed by atoms with E-state index in [1.54, 1.807) is 0 Å². The SMILES string of the molecule is CC(C)(CCOCCNC(=O)CCN1C(=O)C=CC1=O)OCC(C)(C)OCCC(=O)NC1CCCCCCCC1. The van der Waals surface area contributed by atoms with Crippen molar-refractivity contribution >= 4 is 23.6 Å². The molecular formula is C30H51N3O7. The molecule has 0 spiro atoms. The summed E-state index contributed by atoms with van der Waals surface area (Å²) in [6.45, 7) is 9.88. The van der Waals surface area contributed by atoms with Crippen molar-refractivity contribution in [2.24, 2.45) is 0 Å². The van der Waals surface area contributed by atoms with Crippen LogP contribution in [0.3, 0.4) is 0 Å². The smallest absolute Gasteiger partial charge is 0.253 e. The molecule has 0 atom stereocenters. The minimum atomic E-state index is -0.527. The van der Waals surface area contributed by atoms with Gasteiger partial charge >= 0.3 is 0 Å². The van der Waals surface area contributed by atoms with Crippen molar-refractivity contribution in [3.63, 3.8) is 0 Å². The summed E-state index contributed by atoms with van der Waals surface area (Å²) >= 11 is 0. The van der Waals surface area contributed by atoms with E-state index in [0.29, 0.717) is 45.8 Å². The van der Waals surface area contributed by atoms with E-state index < -0.39 is 11.2 Å². The molecule has 0 aromatic rings. The lowest BCUT2D eigenvalue weighted by Gasteiger charge is -2.32. The molecule has 0 bridgehead atoms. The van der Waals surface area contributed by atoms with Gasteiger partial charge in [-0.3, -0.25) is 24.1 Å². The number of nitrogens with zero attached hydrogens (tertiary/aromatic N) is 1. The first-order valence-corrected chi connectivity index (χ1v) is 14.9. The van der Waals surface area contributed by atoms with Crippen LogP contribution < -0.4 is 10.6 Å². The van der Waals surface area contributed by atoms with Gasteiger partial charge in [0.1, 0.15) is 0 Å². The Morgan fingerprint density at radius 3 is 2.10 bits per heavy atom. The third kappa shape index (κ3) is 14.4. The van der Waals surface area contributed by atoms with Crippen LogP contribution in [0, 0.1) is 0 Å². The van der Waals surface area contributed by atoms with Crippen LogP contribution >= 0.6 is 0 Å². The number of carbonyl (C=O) groups is 4. The second kappa shape index (κ2) is 17.5. The number of amides is 4. The molecule has 0 aromatic heterocycles. The first-order valence-electron chi connectivity index (χ1n) is 14.9. The molecule has 0 radical (unpaired) electrons. The van der Waals surface area contributed by atoms with Crippen molar-refractivity contribution in [1.82, 2.24) is 15.5 Å². The zero-order valence-electron chi connectivity index (χ0n) is 25.1. The minimum absolute atomic E-state index is 0.0586. The zero-order valence-corrected chi connectivity index (χ0v) is 25.1. The molecule has 228 valence electrons. The van der Waals surface area contributed by atoms with Crippen LogP contribution in [-0.2, 0) is 33.4 Å². The topological polar surface area (TPSA) is 123 Å². The van der Waals surface area contributed by atoms with Crippen molar-refractivity contribution in [3.8, 4) is 0 Å². The van der Waals surface area contributed by atoms with Crippen molar-refractivity contribution in [3.05, 3.63) is 12.2 Å². The molecule has 1 aliphatic carbocycles. The van der Waals surface area contributed by atoms with E-state index in [9.17, 15) is 19.2 Å². The second-order valence-electron chi connectivity index (χ2n) is 12.0. The van der Waals surface area contributed by atoms with E-state index in [1.165, 1.54) is 50.7 Å². The minimum Gasteiger partial charge on any atom is -0.380 e. The number of ether oxygens (including phenoxy) is 3. The Bertz CT molecular complexity index is 828. The highest BCUT2D eigenvalue weighted by Gasteiger charge is 2.26. The Kier molecular flexibility index (Phi) is 14.8. The third-order valence-electron chi connectivity index (χ3n) is 7.23. The van der Waals surface area contributed by atoms with E-state index in [1.807, 2.05) is 27.7 Å². The van der Waals surface area contributed by atoms with E-state index >= 15 is 0 Å². The Labute approximate surface area is 239 Å². The predicted octanol–water partition coefficient (Wildman–Crippen LogP) is 3.42. The summed E-state index contributed by atoms with van der Waals surface area (Å²) in [5.41, 5.74) is -0.956. The summed E-state index contributed by atoms with van der Waals surface area (Å²) in [6.07, 6.45) is 13.1. The Morgan fingerprint density at radius 1 is 0.825 bits per heavy atom. The predicted molar refractivity (Wildman–Crippen MR) is 152 cm³/mol. The molecule has 2 aliphatic rings. The summed E-state index contributed by atoms with van der Waals surface area (Å²) in [5.74, 6) is -0.961. The molecule has 1 saturated carbocycles. The Morgan fingerprint density at radius 2 is 1.45 bits per heavy atom. The van der Waals surface area contributed by atoms with Crippen LogP contribution in [0.4, 0.5) is 0 Å². The van der Waals surface area contributed by atoms with Gasteiger partial charge in [0.05, 0.1) is 31.0 Å². The normalized spacial score (nSPS) is 17.4. The number of imide groups is 1. The van der Waals surface area contributed by atoms with Crippen LogP contribution in [0.25, 0.3) is 0 Å². The molecular weight excluding hydrogens is 514 g/mol. The first-order chi connectivity index (χ1) is 19.0. The Balaban J connectivity index is 1.52. The lowest BCUT2D eigenvalue weighted by molar-refractivity contribution is -0.137. The maximum Gasteiger partial charge on any atom is 0.253 e. The van der Waals surface area contributed by atoms with Gasteiger partial charge in [0.25, 0.3) is 11.8 Å². The second-order valence-corrected chi connectivity index (χ2v) is 12.0. The number of hydrogen-bond acceptors (Lipinski definition) is 7. The standard InChI is InChI=1S/C30H51N3O7/c1-29(2,17-21-38-22-18-31-25(34)15-19-33-27(36)13-14-28(33)37)40-23-30(3,4)39-20-16-26(35)32-24-11-9-7-5-6-8-10-12-24/h13-14,24H,5-12,15-23H2,1-4H3,(H,31,34)(H,32,35). The van der Waals surface area contributed by atoms with E-state index in [4.69, 9.17) is 14.2 Å². The van der Waals surface area contributed by atoms with Gasteiger partial charge in [-0.15, -0.1) is 0 Å². The van der Waals surface area contributed by atoms with Crippen molar-refractivity contribution in [2.45, 2.75) is 116 Å². The summed E-state index contributed by atoms with van der Waals surface area (Å²) in [4.78, 5) is 48.4. The quantitative estimate of drug-likeness (QED) is 0.205. The first kappa shape index (κ1) is 33.9. The number of carbonyl (C=O) groups excluding carboxylic acids is 4. The highest BCUT2D eigenvalue weighted by atomic mass is 16.6. The van der Waals surface area contributed by atoms with Gasteiger partial charge in [-0.05, 0) is 47.0 Å². The van der Waals surface area contributed by atoms with Crippen LogP contribution in [0.1, 0.15) is 98.3 Å². The van der Waals surface area contributed by atoms with Gasteiger partial charge in [0.15, 0.2) is 0 Å². The molecule has 0 saturated heterocycles. The molecule has 1 fully saturated rings. The molecule has 1 heterocycles. The van der Waals surface area contributed by atoms with Crippen LogP contribution in [0.5, 0.6) is 0 Å². The zero-order chi connectivity index (χ0) is 29.4. The average molecular weight is 566 g/mol. The molecule has 40 heavy (non-hydrogen) atoms. The van der Waals surface area contributed by atoms with E-state index in [-0.39, 0.29) is 42.6 Å². The highest BCUT2D eigenvalue weighted by Crippen LogP contribution is 2.20. The van der Waals surface area contributed by atoms with Gasteiger partial charge < -0.3 is 24.8 Å². The summed E-state index contributed by atoms with van der Waals surface area (Å²) < 4.78 is 17.7. The number of nitrogens with one attached hydrogen (secondary N) is 2. The van der Waals surface area contributed by atoms with Gasteiger partial charge in [-0.2, -0.15) is 0 Å². The lowest BCUT2D eigenvalue weighted by Crippen LogP contribution is -2.39. The fourth-order valence-electron chi connectivity index (χ4n) is 4.62. The summed E-state index contributed by atoms with van der Waals surface area (Å²) in [6, 6.07) is 0.290. The number of rotatable bonds is 17. The van der Waals surface area contributed by atoms with Crippen LogP contribution in [0.2, 0.25) is 0 Å². The van der Waals surface area contributed by atoms with E-state index in [0.717, 1.165) is 17.7 Å². The largest absolute Gasteiger partial charge is 0.380 e. The fraction of sp³-hybridized carbons (Fsp3) is 0.800. The van der Waals surface area contributed by atoms with Gasteiger partial charge in [0, 0.05) is 50.7 Å². The maximum atomic E-state index is 12.5. The summed E-state index contributed by atoms with van der Waals surface area (Å²) in [7, 11) is 0. The fourth-order valence-corrected chi connectivity index (χ4v) is 4.62. The van der Waals surface area contributed by atoms with Crippen LogP contribution in [0.15, 0.2) is 12.2 Å². The molecule has 10 nitrogen and oxygen atoms in total. The van der Waals surface area contributed by atoms with E-state index in [2.05, 4.69) is 10.6 Å². The van der Waals surface area contributed by atoms with Crippen LogP contribution in [-0.4, -0.2) is 85.3 Å². The molecule has 2 rings (SSSR count). The average Bonchev–Trinajstić information content (AvgIpc) is 3.27. The molecule has 4 amide bonds. The molecule has 2 N–H and O–H groups in total. The Hall–Kier alpha value is -2.30. The molecule has 0 unspecified atom stereocenters. The molecule has 10 heteroatoms. The number of hydrogen-bond donors (Lipinski definition) is 2. The summed E-state index contributed by atoms with van der Waals surface area (Å²) in [5, 5.41) is 5.93. The van der Waals surface area contributed by atoms with Crippen molar-refractivity contribution < 1.29 is 33.4 Å². The lowest BCUT2D eigenvalue weighted by atomic mass is 10.0. The monoisotopic (exact) mass is 565 g/mol. The van der Waals surface area contributed by atoms with Gasteiger partial charge in [-0.25, -0.2) is 0 Å². The van der Waals surface area contributed by atoms with Crippen molar-refractivity contribution in [1.29, 1.82) is 0 Å². The molecule has 1 aliphatic heterocycles. The van der Waals surface area contributed by atoms with Gasteiger partial charge in [0.2, 0.25) is 11.8 Å².